The molecule has 1 fully saturated rings. The van der Waals surface area contributed by atoms with Gasteiger partial charge >= 0.3 is 0 Å². The lowest BCUT2D eigenvalue weighted by Gasteiger charge is -2.13. The van der Waals surface area contributed by atoms with Crippen molar-refractivity contribution in [3.8, 4) is 0 Å². The maximum absolute atomic E-state index is 5.83. The maximum Gasteiger partial charge on any atom is 0.0406 e. The highest BCUT2D eigenvalue weighted by Gasteiger charge is 2.50. The number of halogens is 1. The Balaban J connectivity index is 2.08. The molecule has 1 aromatic rings. The average Bonchev–Trinajstić information content (AvgIpc) is 2.82. The van der Waals surface area contributed by atoms with E-state index in [2.05, 4.69) is 19.1 Å². The van der Waals surface area contributed by atoms with Gasteiger partial charge in [-0.3, -0.25) is 0 Å². The number of benzene rings is 1. The number of rotatable bonds is 3. The van der Waals surface area contributed by atoms with Crippen LogP contribution in [0.5, 0.6) is 0 Å². The lowest BCUT2D eigenvalue weighted by molar-refractivity contribution is 0.807. The molecular weight excluding hydrogens is 214 g/mol. The third kappa shape index (κ3) is 1.92. The predicted octanol–water partition coefficient (Wildman–Crippen LogP) is 3.17. The van der Waals surface area contributed by atoms with Gasteiger partial charge in [0.1, 0.15) is 0 Å². The van der Waals surface area contributed by atoms with Gasteiger partial charge in [-0.2, -0.15) is 0 Å². The summed E-state index contributed by atoms with van der Waals surface area (Å²) in [5.74, 6) is 0.744. The van der Waals surface area contributed by atoms with Crippen molar-refractivity contribution in [3.63, 3.8) is 0 Å². The fourth-order valence-corrected chi connectivity index (χ4v) is 3.15. The molecule has 1 aromatic carbocycles. The Bertz CT molecular complexity index is 321. The monoisotopic (exact) mass is 227 g/mol. The molecule has 0 spiro atoms. The van der Waals surface area contributed by atoms with Crippen molar-refractivity contribution < 1.29 is 0 Å². The van der Waals surface area contributed by atoms with Gasteiger partial charge in [-0.25, -0.2) is 0 Å². The summed E-state index contributed by atoms with van der Waals surface area (Å²) in [5, 5.41) is 0.792. The SMILES string of the molecule is CC1CC1(CN)Sc1ccc(Cl)cc1. The van der Waals surface area contributed by atoms with E-state index in [9.17, 15) is 0 Å². The second-order valence-electron chi connectivity index (χ2n) is 3.93. The highest BCUT2D eigenvalue weighted by Crippen LogP contribution is 2.55. The van der Waals surface area contributed by atoms with Crippen molar-refractivity contribution in [3.05, 3.63) is 29.3 Å². The fraction of sp³-hybridized carbons (Fsp3) is 0.455. The van der Waals surface area contributed by atoms with Crippen LogP contribution in [0.3, 0.4) is 0 Å². The van der Waals surface area contributed by atoms with Gasteiger partial charge in [0, 0.05) is 21.2 Å². The molecule has 2 atom stereocenters. The van der Waals surface area contributed by atoms with Gasteiger partial charge in [0.2, 0.25) is 0 Å². The normalized spacial score (nSPS) is 30.4. The van der Waals surface area contributed by atoms with Gasteiger partial charge in [-0.05, 0) is 36.6 Å². The van der Waals surface area contributed by atoms with Crippen molar-refractivity contribution in [2.45, 2.75) is 23.0 Å². The Morgan fingerprint density at radius 1 is 1.50 bits per heavy atom. The van der Waals surface area contributed by atoms with E-state index >= 15 is 0 Å². The standard InChI is InChI=1S/C11H14ClNS/c1-8-6-11(8,7-13)14-10-4-2-9(12)3-5-10/h2-5,8H,6-7,13H2,1H3. The Hall–Kier alpha value is -0.180. The van der Waals surface area contributed by atoms with Crippen LogP contribution in [-0.2, 0) is 0 Å². The first-order valence-electron chi connectivity index (χ1n) is 4.81. The second-order valence-corrected chi connectivity index (χ2v) is 5.86. The van der Waals surface area contributed by atoms with E-state index in [0.29, 0.717) is 4.75 Å². The summed E-state index contributed by atoms with van der Waals surface area (Å²) in [7, 11) is 0. The minimum Gasteiger partial charge on any atom is -0.329 e. The molecule has 0 amide bonds. The lowest BCUT2D eigenvalue weighted by atomic mass is 10.3. The minimum absolute atomic E-state index is 0.299. The molecule has 0 radical (unpaired) electrons. The molecule has 1 aliphatic rings. The minimum atomic E-state index is 0.299. The number of hydrogen-bond donors (Lipinski definition) is 1. The molecule has 1 saturated carbocycles. The van der Waals surface area contributed by atoms with Crippen LogP contribution in [0.1, 0.15) is 13.3 Å². The summed E-state index contributed by atoms with van der Waals surface area (Å²) in [6.45, 7) is 3.03. The van der Waals surface area contributed by atoms with Crippen LogP contribution < -0.4 is 5.73 Å². The van der Waals surface area contributed by atoms with E-state index in [1.54, 1.807) is 0 Å². The molecule has 1 aliphatic carbocycles. The van der Waals surface area contributed by atoms with Crippen molar-refractivity contribution in [2.24, 2.45) is 11.7 Å². The van der Waals surface area contributed by atoms with Crippen molar-refractivity contribution in [1.29, 1.82) is 0 Å². The summed E-state index contributed by atoms with van der Waals surface area (Å²) >= 11 is 7.72. The molecule has 0 bridgehead atoms. The van der Waals surface area contributed by atoms with Crippen LogP contribution >= 0.6 is 23.4 Å². The van der Waals surface area contributed by atoms with Crippen LogP contribution in [0, 0.1) is 5.92 Å². The third-order valence-electron chi connectivity index (χ3n) is 2.87. The van der Waals surface area contributed by atoms with E-state index < -0.39 is 0 Å². The van der Waals surface area contributed by atoms with Crippen molar-refractivity contribution in [1.82, 2.24) is 0 Å². The van der Waals surface area contributed by atoms with Crippen LogP contribution in [0.4, 0.5) is 0 Å². The molecule has 0 aliphatic heterocycles. The first-order valence-corrected chi connectivity index (χ1v) is 6.00. The zero-order chi connectivity index (χ0) is 10.2. The maximum atomic E-state index is 5.83. The topological polar surface area (TPSA) is 26.0 Å². The molecule has 14 heavy (non-hydrogen) atoms. The smallest absolute Gasteiger partial charge is 0.0406 e. The Labute approximate surface area is 94.0 Å². The summed E-state index contributed by atoms with van der Waals surface area (Å²) in [5.41, 5.74) is 5.79. The summed E-state index contributed by atoms with van der Waals surface area (Å²) < 4.78 is 0.299. The van der Waals surface area contributed by atoms with Gasteiger partial charge in [-0.1, -0.05) is 18.5 Å². The van der Waals surface area contributed by atoms with Crippen LogP contribution in [-0.4, -0.2) is 11.3 Å². The quantitative estimate of drug-likeness (QED) is 0.859. The van der Waals surface area contributed by atoms with E-state index in [4.69, 9.17) is 17.3 Å². The van der Waals surface area contributed by atoms with Crippen molar-refractivity contribution in [2.75, 3.05) is 6.54 Å². The van der Waals surface area contributed by atoms with Crippen LogP contribution in [0.25, 0.3) is 0 Å². The molecule has 76 valence electrons. The van der Waals surface area contributed by atoms with Gasteiger partial charge in [-0.15, -0.1) is 11.8 Å². The molecule has 3 heteroatoms. The molecular formula is C11H14ClNS. The molecule has 2 rings (SSSR count). The lowest BCUT2D eigenvalue weighted by Crippen LogP contribution is -2.19. The second kappa shape index (κ2) is 3.76. The van der Waals surface area contributed by atoms with E-state index in [1.165, 1.54) is 11.3 Å². The van der Waals surface area contributed by atoms with E-state index in [0.717, 1.165) is 17.5 Å². The first-order chi connectivity index (χ1) is 6.66. The Morgan fingerprint density at radius 3 is 2.50 bits per heavy atom. The Morgan fingerprint density at radius 2 is 2.07 bits per heavy atom. The highest BCUT2D eigenvalue weighted by atomic mass is 35.5. The zero-order valence-electron chi connectivity index (χ0n) is 8.16. The number of nitrogens with two attached hydrogens (primary N) is 1. The average molecular weight is 228 g/mol. The van der Waals surface area contributed by atoms with Gasteiger partial charge in [0.05, 0.1) is 0 Å². The molecule has 0 saturated heterocycles. The van der Waals surface area contributed by atoms with Gasteiger partial charge in [0.25, 0.3) is 0 Å². The molecule has 0 heterocycles. The number of thioether (sulfide) groups is 1. The predicted molar refractivity (Wildman–Crippen MR) is 62.9 cm³/mol. The molecule has 0 aromatic heterocycles. The van der Waals surface area contributed by atoms with Crippen LogP contribution in [0.2, 0.25) is 5.02 Å². The summed E-state index contributed by atoms with van der Waals surface area (Å²) in [4.78, 5) is 1.27. The first kappa shape index (κ1) is 10.3. The van der Waals surface area contributed by atoms with E-state index in [-0.39, 0.29) is 0 Å². The molecule has 2 N–H and O–H groups in total. The molecule has 1 nitrogen and oxygen atoms in total. The summed E-state index contributed by atoms with van der Waals surface area (Å²) in [6, 6.07) is 7.99. The third-order valence-corrected chi connectivity index (χ3v) is 4.77. The number of hydrogen-bond acceptors (Lipinski definition) is 2. The Kier molecular flexibility index (Phi) is 2.78. The summed E-state index contributed by atoms with van der Waals surface area (Å²) in [6.07, 6.45) is 1.23. The van der Waals surface area contributed by atoms with E-state index in [1.807, 2.05) is 23.9 Å². The fourth-order valence-electron chi connectivity index (χ4n) is 1.67. The zero-order valence-corrected chi connectivity index (χ0v) is 9.74. The van der Waals surface area contributed by atoms with Gasteiger partial charge in [0.15, 0.2) is 0 Å². The van der Waals surface area contributed by atoms with Crippen LogP contribution in [0.15, 0.2) is 29.2 Å². The highest BCUT2D eigenvalue weighted by molar-refractivity contribution is 8.01. The van der Waals surface area contributed by atoms with Gasteiger partial charge < -0.3 is 5.73 Å². The molecule has 2 unspecified atom stereocenters. The largest absolute Gasteiger partial charge is 0.329 e. The van der Waals surface area contributed by atoms with Crippen molar-refractivity contribution >= 4 is 23.4 Å².